The molecule has 0 aromatic carbocycles. The first-order valence-corrected chi connectivity index (χ1v) is 7.53. The highest BCUT2D eigenvalue weighted by Gasteiger charge is 2.49. The second-order valence-electron chi connectivity index (χ2n) is 8.93. The average molecular weight is 283 g/mol. The Bertz CT molecular complexity index is 376. The highest BCUT2D eigenvalue weighted by Crippen LogP contribution is 2.31. The number of nitrogens with zero attached hydrogens (tertiary/aromatic N) is 1. The van der Waals surface area contributed by atoms with Crippen LogP contribution >= 0.6 is 0 Å². The van der Waals surface area contributed by atoms with Crippen molar-refractivity contribution < 1.29 is 4.79 Å². The number of hydrogen-bond donors (Lipinski definition) is 2. The fraction of sp³-hybridized carbons (Fsp3) is 0.938. The first kappa shape index (κ1) is 17.4. The number of carbonyl (C=O) groups is 1. The Morgan fingerprint density at radius 3 is 2.05 bits per heavy atom. The van der Waals surface area contributed by atoms with Gasteiger partial charge in [0.15, 0.2) is 0 Å². The lowest BCUT2D eigenvalue weighted by atomic mass is 9.84. The minimum Gasteiger partial charge on any atom is -0.347 e. The van der Waals surface area contributed by atoms with Crippen molar-refractivity contribution in [2.24, 2.45) is 0 Å². The molecular formula is C16H33N3O. The molecule has 0 spiro atoms. The highest BCUT2D eigenvalue weighted by molar-refractivity contribution is 5.87. The lowest BCUT2D eigenvalue weighted by Gasteiger charge is -2.55. The third-order valence-electron chi connectivity index (χ3n) is 3.97. The van der Waals surface area contributed by atoms with Crippen molar-refractivity contribution in [1.29, 1.82) is 0 Å². The summed E-state index contributed by atoms with van der Waals surface area (Å²) < 4.78 is 0. The quantitative estimate of drug-likeness (QED) is 0.816. The van der Waals surface area contributed by atoms with E-state index in [0.29, 0.717) is 0 Å². The van der Waals surface area contributed by atoms with Crippen LogP contribution in [0, 0.1) is 0 Å². The van der Waals surface area contributed by atoms with E-state index in [-0.39, 0.29) is 22.5 Å². The molecule has 1 amide bonds. The first-order chi connectivity index (χ1) is 8.67. The third kappa shape index (κ3) is 3.95. The van der Waals surface area contributed by atoms with Crippen molar-refractivity contribution in [3.8, 4) is 0 Å². The van der Waals surface area contributed by atoms with E-state index in [9.17, 15) is 4.79 Å². The maximum Gasteiger partial charge on any atom is 0.240 e. The summed E-state index contributed by atoms with van der Waals surface area (Å²) in [6.45, 7) is 20.7. The predicted molar refractivity (Wildman–Crippen MR) is 84.8 cm³/mol. The summed E-state index contributed by atoms with van der Waals surface area (Å²) in [5, 5.41) is 6.73. The summed E-state index contributed by atoms with van der Waals surface area (Å²) in [6.07, 6.45) is 0. The summed E-state index contributed by atoms with van der Waals surface area (Å²) in [5.74, 6) is 0.108. The number of amides is 1. The molecule has 0 aromatic rings. The molecule has 1 aliphatic heterocycles. The van der Waals surface area contributed by atoms with Gasteiger partial charge in [0, 0.05) is 24.2 Å². The minimum absolute atomic E-state index is 0.0374. The van der Waals surface area contributed by atoms with Crippen molar-refractivity contribution in [3.63, 3.8) is 0 Å². The van der Waals surface area contributed by atoms with Gasteiger partial charge in [-0.25, -0.2) is 0 Å². The maximum absolute atomic E-state index is 12.5. The molecular weight excluding hydrogens is 250 g/mol. The second-order valence-corrected chi connectivity index (χ2v) is 8.93. The van der Waals surface area contributed by atoms with E-state index in [2.05, 4.69) is 64.0 Å². The summed E-state index contributed by atoms with van der Waals surface area (Å²) in [4.78, 5) is 14.8. The van der Waals surface area contributed by atoms with Crippen molar-refractivity contribution in [2.75, 3.05) is 13.1 Å². The molecule has 2 N–H and O–H groups in total. The molecule has 1 aliphatic rings. The predicted octanol–water partition coefficient (Wildman–Crippen LogP) is 2.14. The normalized spacial score (nSPS) is 28.4. The van der Waals surface area contributed by atoms with E-state index in [0.717, 1.165) is 13.1 Å². The van der Waals surface area contributed by atoms with Crippen LogP contribution in [0.3, 0.4) is 0 Å². The molecule has 0 aliphatic carbocycles. The van der Waals surface area contributed by atoms with Crippen LogP contribution in [0.15, 0.2) is 0 Å². The van der Waals surface area contributed by atoms with E-state index >= 15 is 0 Å². The van der Waals surface area contributed by atoms with Crippen LogP contribution in [-0.4, -0.2) is 46.1 Å². The Kier molecular flexibility index (Phi) is 4.35. The first-order valence-electron chi connectivity index (χ1n) is 7.53. The number of nitrogens with one attached hydrogen (secondary N) is 2. The van der Waals surface area contributed by atoms with E-state index < -0.39 is 5.54 Å². The van der Waals surface area contributed by atoms with Gasteiger partial charge in [-0.05, 0) is 62.3 Å². The molecule has 1 atom stereocenters. The van der Waals surface area contributed by atoms with Crippen LogP contribution in [-0.2, 0) is 4.79 Å². The van der Waals surface area contributed by atoms with Crippen LogP contribution in [0.5, 0.6) is 0 Å². The van der Waals surface area contributed by atoms with Gasteiger partial charge in [0.2, 0.25) is 5.91 Å². The Labute approximate surface area is 124 Å². The third-order valence-corrected chi connectivity index (χ3v) is 3.97. The molecule has 1 rings (SSSR count). The van der Waals surface area contributed by atoms with Gasteiger partial charge >= 0.3 is 0 Å². The van der Waals surface area contributed by atoms with Gasteiger partial charge in [-0.15, -0.1) is 0 Å². The number of rotatable bonds is 2. The fourth-order valence-corrected chi connectivity index (χ4v) is 2.77. The smallest absolute Gasteiger partial charge is 0.240 e. The summed E-state index contributed by atoms with van der Waals surface area (Å²) in [7, 11) is 0. The van der Waals surface area contributed by atoms with Gasteiger partial charge in [0.1, 0.15) is 0 Å². The molecule has 1 unspecified atom stereocenters. The molecule has 4 heteroatoms. The lowest BCUT2D eigenvalue weighted by Crippen LogP contribution is -2.75. The Morgan fingerprint density at radius 1 is 1.15 bits per heavy atom. The van der Waals surface area contributed by atoms with Crippen LogP contribution in [0.1, 0.15) is 62.3 Å². The summed E-state index contributed by atoms with van der Waals surface area (Å²) in [6, 6.07) is 0. The largest absolute Gasteiger partial charge is 0.347 e. The average Bonchev–Trinajstić information content (AvgIpc) is 2.19. The Hall–Kier alpha value is -0.610. The number of hydrogen-bond acceptors (Lipinski definition) is 3. The Balaban J connectivity index is 2.96. The zero-order valence-electron chi connectivity index (χ0n) is 14.8. The van der Waals surface area contributed by atoms with Crippen molar-refractivity contribution in [2.45, 2.75) is 84.5 Å². The van der Waals surface area contributed by atoms with Gasteiger partial charge in [-0.1, -0.05) is 0 Å². The summed E-state index contributed by atoms with van der Waals surface area (Å²) in [5.41, 5.74) is -0.704. The number of piperazine rings is 1. The zero-order chi connectivity index (χ0) is 16.0. The van der Waals surface area contributed by atoms with Crippen LogP contribution < -0.4 is 10.6 Å². The van der Waals surface area contributed by atoms with Crippen molar-refractivity contribution in [1.82, 2.24) is 15.5 Å². The van der Waals surface area contributed by atoms with Crippen molar-refractivity contribution >= 4 is 5.91 Å². The van der Waals surface area contributed by atoms with Gasteiger partial charge < -0.3 is 10.6 Å². The molecule has 118 valence electrons. The summed E-state index contributed by atoms with van der Waals surface area (Å²) >= 11 is 0. The van der Waals surface area contributed by atoms with Gasteiger partial charge in [0.25, 0.3) is 0 Å². The van der Waals surface area contributed by atoms with E-state index in [1.807, 2.05) is 13.8 Å². The molecule has 20 heavy (non-hydrogen) atoms. The van der Waals surface area contributed by atoms with E-state index in [1.54, 1.807) is 0 Å². The molecule has 0 saturated carbocycles. The van der Waals surface area contributed by atoms with Crippen LogP contribution in [0.2, 0.25) is 0 Å². The van der Waals surface area contributed by atoms with Gasteiger partial charge in [-0.2, -0.15) is 0 Å². The monoisotopic (exact) mass is 283 g/mol. The zero-order valence-corrected chi connectivity index (χ0v) is 14.8. The molecule has 1 fully saturated rings. The van der Waals surface area contributed by atoms with Crippen LogP contribution in [0.25, 0.3) is 0 Å². The van der Waals surface area contributed by atoms with Crippen LogP contribution in [0.4, 0.5) is 0 Å². The molecule has 0 bridgehead atoms. The van der Waals surface area contributed by atoms with Gasteiger partial charge in [-0.3, -0.25) is 9.69 Å². The topological polar surface area (TPSA) is 44.4 Å². The highest BCUT2D eigenvalue weighted by atomic mass is 16.2. The van der Waals surface area contributed by atoms with E-state index in [1.165, 1.54) is 0 Å². The minimum atomic E-state index is -0.473. The van der Waals surface area contributed by atoms with Crippen molar-refractivity contribution in [3.05, 3.63) is 0 Å². The molecule has 0 radical (unpaired) electrons. The van der Waals surface area contributed by atoms with Gasteiger partial charge in [0.05, 0.1) is 11.1 Å². The molecule has 1 heterocycles. The standard InChI is InChI=1S/C16H33N3O/c1-13(2,3)17-10-16(9)11-19(14(4,5)6)15(7,8)12(20)18-16/h17H,10-11H2,1-9H3,(H,18,20). The number of carbonyl (C=O) groups excluding carboxylic acids is 1. The Morgan fingerprint density at radius 2 is 1.65 bits per heavy atom. The second kappa shape index (κ2) is 4.99. The van der Waals surface area contributed by atoms with E-state index in [4.69, 9.17) is 0 Å². The maximum atomic E-state index is 12.5. The lowest BCUT2D eigenvalue weighted by molar-refractivity contribution is -0.146. The SMILES string of the molecule is CC(C)(C)NCC1(C)CN(C(C)(C)C)C(C)(C)C(=O)N1. The molecule has 4 nitrogen and oxygen atoms in total. The fourth-order valence-electron chi connectivity index (χ4n) is 2.77. The molecule has 1 saturated heterocycles. The molecule has 0 aromatic heterocycles.